The van der Waals surface area contributed by atoms with Crippen LogP contribution in [0.25, 0.3) is 0 Å². The number of azo groups is 1. The maximum atomic E-state index is 11.0. The van der Waals surface area contributed by atoms with Crippen molar-refractivity contribution in [1.29, 1.82) is 0 Å². The molecule has 0 N–H and O–H groups in total. The van der Waals surface area contributed by atoms with Crippen LogP contribution in [0.3, 0.4) is 0 Å². The highest BCUT2D eigenvalue weighted by atomic mass is 79.9. The highest BCUT2D eigenvalue weighted by Gasteiger charge is 1.98. The Morgan fingerprint density at radius 3 is 2.45 bits per heavy atom. The minimum Gasteiger partial charge on any atom is -0.461 e. The number of halogens is 1. The van der Waals surface area contributed by atoms with Crippen LogP contribution in [0.5, 0.6) is 0 Å². The number of hydrogen-bond donors (Lipinski definition) is 0. The molecule has 116 valence electrons. The first-order chi connectivity index (χ1) is 10.5. The predicted octanol–water partition coefficient (Wildman–Crippen LogP) is 4.06. The van der Waals surface area contributed by atoms with E-state index in [2.05, 4.69) is 26.2 Å². The van der Waals surface area contributed by atoms with Gasteiger partial charge in [-0.1, -0.05) is 15.9 Å². The zero-order valence-corrected chi connectivity index (χ0v) is 13.7. The quantitative estimate of drug-likeness (QED) is 0.329. The summed E-state index contributed by atoms with van der Waals surface area (Å²) in [6.07, 6.45) is 4.28. The van der Waals surface area contributed by atoms with Crippen LogP contribution < -0.4 is 0 Å². The standard InChI is InChI=1S/C15H15BrN2O4/c1-11(19)21-10-8-15(22-12(2)20)7-9-17-18-14-5-3-13(16)4-6-14/h3-9H,10H2,1-2H3/b9-7+,15-8+,18-17?. The normalized spacial score (nSPS) is 11.9. The summed E-state index contributed by atoms with van der Waals surface area (Å²) in [7, 11) is 0. The third-order valence-electron chi connectivity index (χ3n) is 2.14. The van der Waals surface area contributed by atoms with E-state index in [1.807, 2.05) is 12.1 Å². The Morgan fingerprint density at radius 1 is 1.18 bits per heavy atom. The third-order valence-corrected chi connectivity index (χ3v) is 2.67. The molecule has 0 aliphatic heterocycles. The van der Waals surface area contributed by atoms with Crippen LogP contribution >= 0.6 is 15.9 Å². The molecule has 0 fully saturated rings. The molecule has 0 aromatic heterocycles. The molecule has 1 aromatic rings. The second-order valence-electron chi connectivity index (χ2n) is 4.01. The summed E-state index contributed by atoms with van der Waals surface area (Å²) >= 11 is 3.33. The van der Waals surface area contributed by atoms with Gasteiger partial charge in [-0.2, -0.15) is 10.2 Å². The van der Waals surface area contributed by atoms with Gasteiger partial charge in [0.25, 0.3) is 0 Å². The Kier molecular flexibility index (Phi) is 7.77. The van der Waals surface area contributed by atoms with Crippen LogP contribution in [0.4, 0.5) is 5.69 Å². The molecule has 7 heteroatoms. The number of benzene rings is 1. The number of esters is 2. The molecule has 0 spiro atoms. The van der Waals surface area contributed by atoms with E-state index in [0.29, 0.717) is 5.69 Å². The van der Waals surface area contributed by atoms with Crippen molar-refractivity contribution < 1.29 is 19.1 Å². The first-order valence-electron chi connectivity index (χ1n) is 6.32. The number of carbonyl (C=O) groups excluding carboxylic acids is 2. The largest absolute Gasteiger partial charge is 0.461 e. The average Bonchev–Trinajstić information content (AvgIpc) is 2.44. The molecule has 0 saturated heterocycles. The van der Waals surface area contributed by atoms with Crippen molar-refractivity contribution in [2.45, 2.75) is 13.8 Å². The monoisotopic (exact) mass is 366 g/mol. The fraction of sp³-hybridized carbons (Fsp3) is 0.200. The molecule has 0 aliphatic carbocycles. The fourth-order valence-corrected chi connectivity index (χ4v) is 1.53. The number of carbonyl (C=O) groups is 2. The second kappa shape index (κ2) is 9.62. The van der Waals surface area contributed by atoms with E-state index in [1.54, 1.807) is 12.1 Å². The van der Waals surface area contributed by atoms with Crippen LogP contribution in [-0.4, -0.2) is 18.5 Å². The van der Waals surface area contributed by atoms with Crippen molar-refractivity contribution in [3.05, 3.63) is 52.8 Å². The summed E-state index contributed by atoms with van der Waals surface area (Å²) < 4.78 is 10.6. The van der Waals surface area contributed by atoms with E-state index in [1.165, 1.54) is 32.2 Å². The first kappa shape index (κ1) is 17.8. The van der Waals surface area contributed by atoms with Crippen LogP contribution in [0, 0.1) is 0 Å². The van der Waals surface area contributed by atoms with Crippen molar-refractivity contribution >= 4 is 33.6 Å². The summed E-state index contributed by atoms with van der Waals surface area (Å²) in [5, 5.41) is 7.82. The van der Waals surface area contributed by atoms with Gasteiger partial charge in [0.2, 0.25) is 0 Å². The van der Waals surface area contributed by atoms with Gasteiger partial charge < -0.3 is 9.47 Å². The van der Waals surface area contributed by atoms with E-state index in [0.717, 1.165) is 4.47 Å². The van der Waals surface area contributed by atoms with Gasteiger partial charge in [0.15, 0.2) is 0 Å². The Hall–Kier alpha value is -2.28. The Labute approximate surface area is 136 Å². The molecule has 6 nitrogen and oxygen atoms in total. The Balaban J connectivity index is 2.65. The van der Waals surface area contributed by atoms with Crippen LogP contribution in [0.2, 0.25) is 0 Å². The van der Waals surface area contributed by atoms with Gasteiger partial charge in [0.05, 0.1) is 11.9 Å². The van der Waals surface area contributed by atoms with E-state index in [4.69, 9.17) is 9.47 Å². The van der Waals surface area contributed by atoms with Crippen molar-refractivity contribution in [2.75, 3.05) is 6.61 Å². The summed E-state index contributed by atoms with van der Waals surface area (Å²) in [6.45, 7) is 2.57. The predicted molar refractivity (Wildman–Crippen MR) is 84.3 cm³/mol. The highest BCUT2D eigenvalue weighted by Crippen LogP contribution is 2.17. The average molecular weight is 367 g/mol. The molecule has 0 aliphatic rings. The molecular weight excluding hydrogens is 352 g/mol. The highest BCUT2D eigenvalue weighted by molar-refractivity contribution is 9.10. The maximum Gasteiger partial charge on any atom is 0.308 e. The fourth-order valence-electron chi connectivity index (χ4n) is 1.27. The smallest absolute Gasteiger partial charge is 0.308 e. The van der Waals surface area contributed by atoms with Gasteiger partial charge in [0.1, 0.15) is 12.4 Å². The van der Waals surface area contributed by atoms with Crippen LogP contribution in [-0.2, 0) is 19.1 Å². The van der Waals surface area contributed by atoms with Gasteiger partial charge in [-0.3, -0.25) is 9.59 Å². The lowest BCUT2D eigenvalue weighted by molar-refractivity contribution is -0.139. The molecule has 0 atom stereocenters. The summed E-state index contributed by atoms with van der Waals surface area (Å²) in [5.41, 5.74) is 0.686. The third kappa shape index (κ3) is 8.11. The minimum atomic E-state index is -0.483. The number of allylic oxidation sites excluding steroid dienone is 1. The molecular formula is C15H15BrN2O4. The number of ether oxygens (including phenoxy) is 2. The van der Waals surface area contributed by atoms with Crippen molar-refractivity contribution in [1.82, 2.24) is 0 Å². The van der Waals surface area contributed by atoms with Gasteiger partial charge in [-0.15, -0.1) is 0 Å². The zero-order valence-electron chi connectivity index (χ0n) is 12.2. The molecule has 1 rings (SSSR count). The molecule has 0 heterocycles. The van der Waals surface area contributed by atoms with Gasteiger partial charge in [0, 0.05) is 24.4 Å². The summed E-state index contributed by atoms with van der Waals surface area (Å²) in [4.78, 5) is 21.6. The second-order valence-corrected chi connectivity index (χ2v) is 4.93. The van der Waals surface area contributed by atoms with Crippen molar-refractivity contribution in [2.24, 2.45) is 10.2 Å². The molecule has 0 radical (unpaired) electrons. The summed E-state index contributed by atoms with van der Waals surface area (Å²) in [5.74, 6) is -0.676. The van der Waals surface area contributed by atoms with E-state index < -0.39 is 11.9 Å². The SMILES string of the molecule is CC(=O)OC/C=C(\C=C\N=Nc1ccc(Br)cc1)OC(C)=O. The molecule has 0 saturated carbocycles. The molecule has 0 unspecified atom stereocenters. The maximum absolute atomic E-state index is 11.0. The van der Waals surface area contributed by atoms with Crippen molar-refractivity contribution in [3.63, 3.8) is 0 Å². The minimum absolute atomic E-state index is 0.00609. The van der Waals surface area contributed by atoms with Crippen LogP contribution in [0.15, 0.2) is 63.1 Å². The zero-order chi connectivity index (χ0) is 16.4. The van der Waals surface area contributed by atoms with E-state index in [-0.39, 0.29) is 12.4 Å². The van der Waals surface area contributed by atoms with E-state index in [9.17, 15) is 9.59 Å². The van der Waals surface area contributed by atoms with Gasteiger partial charge in [-0.25, -0.2) is 0 Å². The topological polar surface area (TPSA) is 77.3 Å². The number of rotatable bonds is 6. The molecule has 0 bridgehead atoms. The van der Waals surface area contributed by atoms with Gasteiger partial charge in [-0.05, 0) is 30.3 Å². The first-order valence-corrected chi connectivity index (χ1v) is 7.11. The number of hydrogen-bond acceptors (Lipinski definition) is 6. The lowest BCUT2D eigenvalue weighted by Crippen LogP contribution is -2.01. The van der Waals surface area contributed by atoms with Crippen molar-refractivity contribution in [3.8, 4) is 0 Å². The molecule has 1 aromatic carbocycles. The Morgan fingerprint density at radius 2 is 1.86 bits per heavy atom. The molecule has 0 amide bonds. The Bertz CT molecular complexity index is 606. The number of nitrogens with zero attached hydrogens (tertiary/aromatic N) is 2. The lowest BCUT2D eigenvalue weighted by Gasteiger charge is -2.02. The van der Waals surface area contributed by atoms with Crippen LogP contribution in [0.1, 0.15) is 13.8 Å². The summed E-state index contributed by atoms with van der Waals surface area (Å²) in [6, 6.07) is 7.29. The van der Waals surface area contributed by atoms with Gasteiger partial charge >= 0.3 is 11.9 Å². The van der Waals surface area contributed by atoms with E-state index >= 15 is 0 Å². The lowest BCUT2D eigenvalue weighted by atomic mass is 10.3. The molecule has 22 heavy (non-hydrogen) atoms.